The number of aryl methyl sites for hydroxylation is 2. The summed E-state index contributed by atoms with van der Waals surface area (Å²) in [6.07, 6.45) is 7.99. The van der Waals surface area contributed by atoms with Crippen LogP contribution < -0.4 is 5.32 Å². The molecule has 1 amide bonds. The lowest BCUT2D eigenvalue weighted by molar-refractivity contribution is -0.132. The highest BCUT2D eigenvalue weighted by molar-refractivity contribution is 7.19. The van der Waals surface area contributed by atoms with Crippen LogP contribution in [0.25, 0.3) is 10.2 Å². The number of carbonyl (C=O) groups is 1. The molecule has 1 saturated heterocycles. The van der Waals surface area contributed by atoms with Crippen molar-refractivity contribution in [2.75, 3.05) is 18.9 Å². The van der Waals surface area contributed by atoms with Crippen LogP contribution in [0.5, 0.6) is 0 Å². The maximum absolute atomic E-state index is 11.9. The molecule has 1 aliphatic heterocycles. The Hall–Kier alpha value is -1.69. The molecular weight excluding hydrogens is 296 g/mol. The van der Waals surface area contributed by atoms with Gasteiger partial charge in [-0.05, 0) is 37.7 Å². The topological polar surface area (TPSA) is 58.1 Å². The normalized spacial score (nSPS) is 22.0. The van der Waals surface area contributed by atoms with E-state index in [2.05, 4.69) is 15.3 Å². The van der Waals surface area contributed by atoms with Gasteiger partial charge in [0.2, 0.25) is 5.91 Å². The summed E-state index contributed by atoms with van der Waals surface area (Å²) in [6, 6.07) is 0.181. The Morgan fingerprint density at radius 1 is 1.32 bits per heavy atom. The minimum absolute atomic E-state index is 0.181. The fraction of sp³-hybridized carbons (Fsp3) is 0.562. The monoisotopic (exact) mass is 316 g/mol. The number of thiophene rings is 1. The van der Waals surface area contributed by atoms with E-state index in [4.69, 9.17) is 0 Å². The Morgan fingerprint density at radius 3 is 3.05 bits per heavy atom. The second kappa shape index (κ2) is 5.50. The molecule has 1 fully saturated rings. The van der Waals surface area contributed by atoms with Gasteiger partial charge >= 0.3 is 0 Å². The third-order valence-electron chi connectivity index (χ3n) is 4.75. The van der Waals surface area contributed by atoms with Crippen molar-refractivity contribution in [2.24, 2.45) is 0 Å². The number of hydrogen-bond acceptors (Lipinski definition) is 5. The number of anilines is 1. The van der Waals surface area contributed by atoms with Crippen LogP contribution in [0.4, 0.5) is 5.82 Å². The number of hydrogen-bond donors (Lipinski definition) is 1. The second-order valence-electron chi connectivity index (χ2n) is 6.26. The first-order valence-electron chi connectivity index (χ1n) is 7.98. The number of rotatable bonds is 2. The standard InChI is InChI=1S/C16H20N4OS/c1-20-7-6-10(8-13(20)21)19-15-14-11-4-2-3-5-12(11)22-16(14)18-9-17-15/h9-10H,2-8H2,1H3,(H,17,18,19). The summed E-state index contributed by atoms with van der Waals surface area (Å²) in [5.41, 5.74) is 1.44. The van der Waals surface area contributed by atoms with E-state index < -0.39 is 0 Å². The molecule has 3 heterocycles. The highest BCUT2D eigenvalue weighted by Gasteiger charge is 2.25. The molecule has 1 unspecified atom stereocenters. The Labute approximate surface area is 133 Å². The van der Waals surface area contributed by atoms with Crippen molar-refractivity contribution >= 4 is 33.3 Å². The van der Waals surface area contributed by atoms with Gasteiger partial charge in [0.25, 0.3) is 0 Å². The molecule has 4 rings (SSSR count). The van der Waals surface area contributed by atoms with E-state index in [1.807, 2.05) is 18.4 Å². The number of nitrogens with one attached hydrogen (secondary N) is 1. The van der Waals surface area contributed by atoms with Gasteiger partial charge in [-0.2, -0.15) is 0 Å². The molecule has 1 atom stereocenters. The van der Waals surface area contributed by atoms with E-state index >= 15 is 0 Å². The number of carbonyl (C=O) groups excluding carboxylic acids is 1. The molecular formula is C16H20N4OS. The van der Waals surface area contributed by atoms with E-state index in [9.17, 15) is 4.79 Å². The molecule has 0 saturated carbocycles. The number of fused-ring (bicyclic) bond motifs is 3. The number of piperidine rings is 1. The van der Waals surface area contributed by atoms with Crippen molar-refractivity contribution in [1.82, 2.24) is 14.9 Å². The molecule has 2 aromatic heterocycles. The largest absolute Gasteiger partial charge is 0.366 e. The molecule has 0 aromatic carbocycles. The van der Waals surface area contributed by atoms with E-state index in [-0.39, 0.29) is 11.9 Å². The van der Waals surface area contributed by atoms with Crippen LogP contribution >= 0.6 is 11.3 Å². The summed E-state index contributed by atoms with van der Waals surface area (Å²) in [5.74, 6) is 1.13. The molecule has 1 N–H and O–H groups in total. The molecule has 2 aromatic rings. The summed E-state index contributed by atoms with van der Waals surface area (Å²) in [6.45, 7) is 0.812. The zero-order valence-electron chi connectivity index (χ0n) is 12.8. The molecule has 116 valence electrons. The molecule has 2 aliphatic rings. The number of likely N-dealkylation sites (tertiary alicyclic amines) is 1. The fourth-order valence-corrected chi connectivity index (χ4v) is 4.69. The van der Waals surface area contributed by atoms with Crippen LogP contribution in [0.2, 0.25) is 0 Å². The molecule has 5 nitrogen and oxygen atoms in total. The van der Waals surface area contributed by atoms with Gasteiger partial charge < -0.3 is 10.2 Å². The summed E-state index contributed by atoms with van der Waals surface area (Å²) in [5, 5.41) is 4.72. The second-order valence-corrected chi connectivity index (χ2v) is 7.35. The van der Waals surface area contributed by atoms with Gasteiger partial charge in [-0.1, -0.05) is 0 Å². The average molecular weight is 316 g/mol. The highest BCUT2D eigenvalue weighted by Crippen LogP contribution is 2.38. The van der Waals surface area contributed by atoms with Crippen LogP contribution in [-0.4, -0.2) is 40.4 Å². The summed E-state index contributed by atoms with van der Waals surface area (Å²) in [7, 11) is 1.87. The fourth-order valence-electron chi connectivity index (χ4n) is 3.46. The van der Waals surface area contributed by atoms with E-state index in [1.165, 1.54) is 35.1 Å². The first-order chi connectivity index (χ1) is 10.7. The first-order valence-corrected chi connectivity index (χ1v) is 8.80. The highest BCUT2D eigenvalue weighted by atomic mass is 32.1. The predicted octanol–water partition coefficient (Wildman–Crippen LogP) is 2.60. The molecule has 0 spiro atoms. The predicted molar refractivity (Wildman–Crippen MR) is 88.3 cm³/mol. The lowest BCUT2D eigenvalue weighted by Crippen LogP contribution is -2.41. The van der Waals surface area contributed by atoms with Crippen molar-refractivity contribution < 1.29 is 4.79 Å². The van der Waals surface area contributed by atoms with Crippen LogP contribution in [0.15, 0.2) is 6.33 Å². The van der Waals surface area contributed by atoms with Gasteiger partial charge in [-0.3, -0.25) is 4.79 Å². The zero-order chi connectivity index (χ0) is 15.1. The zero-order valence-corrected chi connectivity index (χ0v) is 13.6. The van der Waals surface area contributed by atoms with Crippen LogP contribution in [-0.2, 0) is 17.6 Å². The van der Waals surface area contributed by atoms with Crippen molar-refractivity contribution in [3.05, 3.63) is 16.8 Å². The number of amides is 1. The Bertz CT molecular complexity index is 726. The lowest BCUT2D eigenvalue weighted by atomic mass is 9.96. The Morgan fingerprint density at radius 2 is 2.18 bits per heavy atom. The smallest absolute Gasteiger partial charge is 0.224 e. The lowest BCUT2D eigenvalue weighted by Gasteiger charge is -2.29. The van der Waals surface area contributed by atoms with Crippen molar-refractivity contribution in [1.29, 1.82) is 0 Å². The van der Waals surface area contributed by atoms with Gasteiger partial charge in [-0.15, -0.1) is 11.3 Å². The number of nitrogens with zero attached hydrogens (tertiary/aromatic N) is 3. The summed E-state index contributed by atoms with van der Waals surface area (Å²) >= 11 is 1.81. The van der Waals surface area contributed by atoms with Gasteiger partial charge in [0.1, 0.15) is 17.0 Å². The quantitative estimate of drug-likeness (QED) is 0.925. The molecule has 6 heteroatoms. The molecule has 0 radical (unpaired) electrons. The molecule has 1 aliphatic carbocycles. The molecule has 0 bridgehead atoms. The number of aromatic nitrogens is 2. The van der Waals surface area contributed by atoms with Gasteiger partial charge in [0.15, 0.2) is 0 Å². The SMILES string of the molecule is CN1CCC(Nc2ncnc3sc4c(c23)CCCC4)CC1=O. The first kappa shape index (κ1) is 13.9. The average Bonchev–Trinajstić information content (AvgIpc) is 2.90. The van der Waals surface area contributed by atoms with E-state index in [0.717, 1.165) is 30.0 Å². The van der Waals surface area contributed by atoms with Crippen molar-refractivity contribution in [3.63, 3.8) is 0 Å². The van der Waals surface area contributed by atoms with Gasteiger partial charge in [0.05, 0.1) is 5.39 Å². The Balaban J connectivity index is 1.67. The maximum atomic E-state index is 11.9. The van der Waals surface area contributed by atoms with Crippen molar-refractivity contribution in [2.45, 2.75) is 44.6 Å². The third kappa shape index (κ3) is 2.35. The van der Waals surface area contributed by atoms with E-state index in [1.54, 1.807) is 11.2 Å². The third-order valence-corrected chi connectivity index (χ3v) is 5.95. The summed E-state index contributed by atoms with van der Waals surface area (Å²) < 4.78 is 0. The van der Waals surface area contributed by atoms with E-state index in [0.29, 0.717) is 6.42 Å². The van der Waals surface area contributed by atoms with Gasteiger partial charge in [0, 0.05) is 30.9 Å². The van der Waals surface area contributed by atoms with Crippen LogP contribution in [0.1, 0.15) is 36.1 Å². The Kier molecular flexibility index (Phi) is 3.48. The molecule has 22 heavy (non-hydrogen) atoms. The summed E-state index contributed by atoms with van der Waals surface area (Å²) in [4.78, 5) is 25.2. The minimum Gasteiger partial charge on any atom is -0.366 e. The maximum Gasteiger partial charge on any atom is 0.224 e. The van der Waals surface area contributed by atoms with Crippen molar-refractivity contribution in [3.8, 4) is 0 Å². The van der Waals surface area contributed by atoms with Crippen LogP contribution in [0.3, 0.4) is 0 Å². The van der Waals surface area contributed by atoms with Gasteiger partial charge in [-0.25, -0.2) is 9.97 Å². The minimum atomic E-state index is 0.181. The van der Waals surface area contributed by atoms with Crippen LogP contribution in [0, 0.1) is 0 Å².